The minimum absolute atomic E-state index is 0.211. The van der Waals surface area contributed by atoms with E-state index in [1.165, 1.54) is 17.4 Å². The minimum atomic E-state index is -4.63. The molecule has 2 N–H and O–H groups in total. The number of alkyl halides is 3. The van der Waals surface area contributed by atoms with Crippen LogP contribution in [0.2, 0.25) is 0 Å². The lowest BCUT2D eigenvalue weighted by Gasteiger charge is -2.10. The summed E-state index contributed by atoms with van der Waals surface area (Å²) < 4.78 is 39.5. The second-order valence-corrected chi connectivity index (χ2v) is 7.47. The summed E-state index contributed by atoms with van der Waals surface area (Å²) in [5, 5.41) is 4.37. The number of hydrogen-bond donors (Lipinski definition) is 2. The molecule has 0 fully saturated rings. The topological polar surface area (TPSA) is 74.8 Å². The van der Waals surface area contributed by atoms with Crippen molar-refractivity contribution in [2.45, 2.75) is 13.1 Å². The number of para-hydroxylation sites is 1. The molecule has 2 aromatic carbocycles. The van der Waals surface area contributed by atoms with E-state index in [9.17, 15) is 22.8 Å². The summed E-state index contributed by atoms with van der Waals surface area (Å²) in [6.45, 7) is 1.97. The van der Waals surface area contributed by atoms with Gasteiger partial charge >= 0.3 is 6.18 Å². The summed E-state index contributed by atoms with van der Waals surface area (Å²) in [5.41, 5.74) is 0.232. The summed E-state index contributed by atoms with van der Waals surface area (Å²) in [5.74, 6) is -0.750. The van der Waals surface area contributed by atoms with Crippen molar-refractivity contribution in [2.75, 3.05) is 5.32 Å². The number of carbonyl (C=O) groups is 1. The predicted molar refractivity (Wildman–Crippen MR) is 110 cm³/mol. The molecule has 5 nitrogen and oxygen atoms in total. The number of pyridine rings is 1. The number of aryl methyl sites for hydroxylation is 1. The predicted octanol–water partition coefficient (Wildman–Crippen LogP) is 5.23. The Morgan fingerprint density at radius 3 is 2.57 bits per heavy atom. The standard InChI is InChI=1S/C21H14F3N3O2S/c1-11-5-7-12(8-6-11)16-10-30-20(26-16)27-19(29)14-9-25-17-13(18(14)28)3-2-4-15(17)21(22,23)24/h2-10H,1H3,(H,25,28)(H,26,27,29). The highest BCUT2D eigenvalue weighted by Crippen LogP contribution is 2.33. The SMILES string of the molecule is Cc1ccc(-c2csc(NC(=O)c3c[nH]c4c(C(F)(F)F)cccc4c3=O)n2)cc1. The van der Waals surface area contributed by atoms with E-state index in [1.807, 2.05) is 31.2 Å². The monoisotopic (exact) mass is 429 g/mol. The minimum Gasteiger partial charge on any atom is -0.360 e. The highest BCUT2D eigenvalue weighted by Gasteiger charge is 2.33. The van der Waals surface area contributed by atoms with Crippen LogP contribution >= 0.6 is 11.3 Å². The molecule has 9 heteroatoms. The number of benzene rings is 2. The first-order chi connectivity index (χ1) is 14.2. The fourth-order valence-corrected chi connectivity index (χ4v) is 3.72. The molecule has 0 aliphatic heterocycles. The number of H-pyrrole nitrogens is 1. The van der Waals surface area contributed by atoms with Gasteiger partial charge in [-0.15, -0.1) is 11.3 Å². The van der Waals surface area contributed by atoms with Gasteiger partial charge in [-0.05, 0) is 19.1 Å². The third-order valence-electron chi connectivity index (χ3n) is 4.54. The highest BCUT2D eigenvalue weighted by atomic mass is 32.1. The summed E-state index contributed by atoms with van der Waals surface area (Å²) in [6, 6.07) is 11.0. The molecule has 4 rings (SSSR count). The number of nitrogens with one attached hydrogen (secondary N) is 2. The van der Waals surface area contributed by atoms with Crippen LogP contribution in [0.25, 0.3) is 22.2 Å². The van der Waals surface area contributed by atoms with Crippen molar-refractivity contribution >= 4 is 33.3 Å². The van der Waals surface area contributed by atoms with Gasteiger partial charge in [-0.3, -0.25) is 14.9 Å². The van der Waals surface area contributed by atoms with Gasteiger partial charge < -0.3 is 4.98 Å². The summed E-state index contributed by atoms with van der Waals surface area (Å²) in [4.78, 5) is 32.0. The van der Waals surface area contributed by atoms with Gasteiger partial charge in [0.1, 0.15) is 5.56 Å². The second-order valence-electron chi connectivity index (χ2n) is 6.62. The van der Waals surface area contributed by atoms with E-state index in [2.05, 4.69) is 15.3 Å². The molecular formula is C21H14F3N3O2S. The van der Waals surface area contributed by atoms with E-state index in [1.54, 1.807) is 5.38 Å². The van der Waals surface area contributed by atoms with Gasteiger partial charge in [0.05, 0.1) is 16.8 Å². The number of hydrogen-bond acceptors (Lipinski definition) is 4. The fraction of sp³-hybridized carbons (Fsp3) is 0.0952. The van der Waals surface area contributed by atoms with Gasteiger partial charge in [0.2, 0.25) is 5.43 Å². The number of fused-ring (bicyclic) bond motifs is 1. The van der Waals surface area contributed by atoms with Crippen molar-refractivity contribution in [2.24, 2.45) is 0 Å². The van der Waals surface area contributed by atoms with Crippen molar-refractivity contribution in [3.05, 3.63) is 81.0 Å². The van der Waals surface area contributed by atoms with Crippen molar-refractivity contribution < 1.29 is 18.0 Å². The molecule has 0 atom stereocenters. The van der Waals surface area contributed by atoms with Crippen molar-refractivity contribution in [3.63, 3.8) is 0 Å². The van der Waals surface area contributed by atoms with Crippen molar-refractivity contribution in [3.8, 4) is 11.3 Å². The second kappa shape index (κ2) is 7.42. The van der Waals surface area contributed by atoms with Crippen LogP contribution in [0.4, 0.5) is 18.3 Å². The zero-order valence-electron chi connectivity index (χ0n) is 15.5. The summed E-state index contributed by atoms with van der Waals surface area (Å²) in [6.07, 6.45) is -3.64. The van der Waals surface area contributed by atoms with E-state index in [0.717, 1.165) is 29.5 Å². The average molecular weight is 429 g/mol. The molecular weight excluding hydrogens is 415 g/mol. The molecule has 30 heavy (non-hydrogen) atoms. The molecule has 1 amide bonds. The van der Waals surface area contributed by atoms with Crippen LogP contribution in [-0.4, -0.2) is 15.9 Å². The molecule has 0 unspecified atom stereocenters. The lowest BCUT2D eigenvalue weighted by Crippen LogP contribution is -2.22. The Bertz CT molecular complexity index is 1310. The molecule has 152 valence electrons. The molecule has 2 heterocycles. The maximum Gasteiger partial charge on any atom is 0.418 e. The molecule has 0 aliphatic rings. The Labute approximate surface area is 172 Å². The lowest BCUT2D eigenvalue weighted by atomic mass is 10.1. The van der Waals surface area contributed by atoms with Crippen LogP contribution in [-0.2, 0) is 6.18 Å². The Hall–Kier alpha value is -3.46. The van der Waals surface area contributed by atoms with Gasteiger partial charge in [0, 0.05) is 22.5 Å². The summed E-state index contributed by atoms with van der Waals surface area (Å²) >= 11 is 1.18. The van der Waals surface area contributed by atoms with Gasteiger partial charge in [-0.1, -0.05) is 35.9 Å². The van der Waals surface area contributed by atoms with Crippen LogP contribution in [0.15, 0.2) is 58.8 Å². The fourth-order valence-electron chi connectivity index (χ4n) is 3.01. The largest absolute Gasteiger partial charge is 0.418 e. The normalized spacial score (nSPS) is 11.6. The smallest absolute Gasteiger partial charge is 0.360 e. The molecule has 0 saturated heterocycles. The van der Waals surface area contributed by atoms with Gasteiger partial charge in [0.25, 0.3) is 5.91 Å². The molecule has 0 aliphatic carbocycles. The maximum absolute atomic E-state index is 13.2. The summed E-state index contributed by atoms with van der Waals surface area (Å²) in [7, 11) is 0. The molecule has 0 saturated carbocycles. The van der Waals surface area contributed by atoms with E-state index in [4.69, 9.17) is 0 Å². The van der Waals surface area contributed by atoms with Crippen LogP contribution in [0.1, 0.15) is 21.5 Å². The number of rotatable bonds is 3. The van der Waals surface area contributed by atoms with Crippen LogP contribution < -0.4 is 10.7 Å². The van der Waals surface area contributed by atoms with E-state index in [0.29, 0.717) is 5.69 Å². The molecule has 0 bridgehead atoms. The maximum atomic E-state index is 13.2. The zero-order valence-corrected chi connectivity index (χ0v) is 16.3. The van der Waals surface area contributed by atoms with Gasteiger partial charge in [-0.25, -0.2) is 4.98 Å². The van der Waals surface area contributed by atoms with Crippen molar-refractivity contribution in [1.82, 2.24) is 9.97 Å². The Kier molecular flexibility index (Phi) is 4.90. The Balaban J connectivity index is 1.64. The quantitative estimate of drug-likeness (QED) is 0.468. The number of aromatic nitrogens is 2. The first kappa shape index (κ1) is 19.8. The third-order valence-corrected chi connectivity index (χ3v) is 5.29. The van der Waals surface area contributed by atoms with Crippen LogP contribution in [0.3, 0.4) is 0 Å². The number of amides is 1. The van der Waals surface area contributed by atoms with E-state index in [-0.39, 0.29) is 21.6 Å². The van der Waals surface area contributed by atoms with Crippen LogP contribution in [0.5, 0.6) is 0 Å². The Morgan fingerprint density at radius 2 is 1.87 bits per heavy atom. The number of anilines is 1. The van der Waals surface area contributed by atoms with Gasteiger partial charge in [-0.2, -0.15) is 13.2 Å². The molecule has 0 spiro atoms. The average Bonchev–Trinajstić information content (AvgIpc) is 3.16. The number of halogens is 3. The van der Waals surface area contributed by atoms with Crippen LogP contribution in [0, 0.1) is 6.92 Å². The van der Waals surface area contributed by atoms with E-state index < -0.39 is 23.1 Å². The number of nitrogens with zero attached hydrogens (tertiary/aromatic N) is 1. The number of aromatic amines is 1. The number of carbonyl (C=O) groups excluding carboxylic acids is 1. The number of thiazole rings is 1. The molecule has 0 radical (unpaired) electrons. The van der Waals surface area contributed by atoms with E-state index >= 15 is 0 Å². The first-order valence-corrected chi connectivity index (χ1v) is 9.67. The molecule has 4 aromatic rings. The zero-order chi connectivity index (χ0) is 21.5. The lowest BCUT2D eigenvalue weighted by molar-refractivity contribution is -0.136. The third kappa shape index (κ3) is 3.71. The first-order valence-electron chi connectivity index (χ1n) is 8.79. The van der Waals surface area contributed by atoms with Gasteiger partial charge in [0.15, 0.2) is 5.13 Å². The highest BCUT2D eigenvalue weighted by molar-refractivity contribution is 7.14. The van der Waals surface area contributed by atoms with Crippen molar-refractivity contribution in [1.29, 1.82) is 0 Å². The molecule has 2 aromatic heterocycles. The Morgan fingerprint density at radius 1 is 1.13 bits per heavy atom.